The molecule has 0 radical (unpaired) electrons. The number of fused-ring (bicyclic) bond motifs is 3. The molecule has 2 aromatic heterocycles. The summed E-state index contributed by atoms with van der Waals surface area (Å²) >= 11 is 1.77. The monoisotopic (exact) mass is 263 g/mol. The number of imidazole rings is 1. The standard InChI is InChI=1S/C14H21N3S/c1-10(2)9-13-16-17-12-8-6-4-3-5-7-11(12)15-14(17)18-13/h10H,3-9H2,1-2H3. The van der Waals surface area contributed by atoms with E-state index in [1.165, 1.54) is 42.1 Å². The van der Waals surface area contributed by atoms with Crippen LogP contribution in [0.1, 0.15) is 55.9 Å². The number of aryl methyl sites for hydroxylation is 2. The summed E-state index contributed by atoms with van der Waals surface area (Å²) in [4.78, 5) is 5.91. The van der Waals surface area contributed by atoms with Crippen LogP contribution in [-0.4, -0.2) is 14.6 Å². The van der Waals surface area contributed by atoms with Crippen molar-refractivity contribution in [3.63, 3.8) is 0 Å². The van der Waals surface area contributed by atoms with Gasteiger partial charge in [0.05, 0.1) is 11.4 Å². The van der Waals surface area contributed by atoms with Crippen molar-refractivity contribution in [1.82, 2.24) is 14.6 Å². The van der Waals surface area contributed by atoms with Crippen LogP contribution in [0.25, 0.3) is 4.96 Å². The minimum Gasteiger partial charge on any atom is -0.222 e. The molecule has 0 aliphatic heterocycles. The zero-order valence-corrected chi connectivity index (χ0v) is 12.1. The Morgan fingerprint density at radius 2 is 1.94 bits per heavy atom. The topological polar surface area (TPSA) is 30.2 Å². The van der Waals surface area contributed by atoms with E-state index in [1.54, 1.807) is 11.3 Å². The largest absolute Gasteiger partial charge is 0.222 e. The van der Waals surface area contributed by atoms with Crippen LogP contribution in [0.15, 0.2) is 0 Å². The van der Waals surface area contributed by atoms with E-state index in [2.05, 4.69) is 18.4 Å². The molecule has 2 heterocycles. The highest BCUT2D eigenvalue weighted by atomic mass is 32.1. The van der Waals surface area contributed by atoms with Gasteiger partial charge in [-0.3, -0.25) is 0 Å². The van der Waals surface area contributed by atoms with Crippen LogP contribution >= 0.6 is 11.3 Å². The molecule has 0 aromatic carbocycles. The highest BCUT2D eigenvalue weighted by Gasteiger charge is 2.17. The molecule has 0 bridgehead atoms. The smallest absolute Gasteiger partial charge is 0.212 e. The van der Waals surface area contributed by atoms with Gasteiger partial charge in [0.25, 0.3) is 0 Å². The molecule has 0 N–H and O–H groups in total. The fourth-order valence-corrected chi connectivity index (χ4v) is 3.84. The molecule has 0 unspecified atom stereocenters. The maximum atomic E-state index is 4.80. The Labute approximate surface area is 112 Å². The first-order valence-electron chi connectivity index (χ1n) is 7.10. The number of hydrogen-bond acceptors (Lipinski definition) is 3. The Bertz CT molecular complexity index is 538. The van der Waals surface area contributed by atoms with Crippen LogP contribution in [0, 0.1) is 5.92 Å². The van der Waals surface area contributed by atoms with E-state index < -0.39 is 0 Å². The molecular formula is C14H21N3S. The lowest BCUT2D eigenvalue weighted by Gasteiger charge is -2.08. The van der Waals surface area contributed by atoms with Crippen LogP contribution < -0.4 is 0 Å². The molecule has 3 nitrogen and oxygen atoms in total. The third-order valence-corrected chi connectivity index (χ3v) is 4.51. The van der Waals surface area contributed by atoms with Crippen LogP contribution in [-0.2, 0) is 19.3 Å². The van der Waals surface area contributed by atoms with Crippen molar-refractivity contribution in [3.8, 4) is 0 Å². The van der Waals surface area contributed by atoms with Crippen molar-refractivity contribution < 1.29 is 0 Å². The molecule has 1 aliphatic carbocycles. The average molecular weight is 263 g/mol. The van der Waals surface area contributed by atoms with Crippen LogP contribution in [0.5, 0.6) is 0 Å². The number of aromatic nitrogens is 3. The predicted octanol–water partition coefficient (Wildman–Crippen LogP) is 3.65. The van der Waals surface area contributed by atoms with Crippen molar-refractivity contribution in [2.45, 2.75) is 58.8 Å². The molecular weight excluding hydrogens is 242 g/mol. The third-order valence-electron chi connectivity index (χ3n) is 3.58. The summed E-state index contributed by atoms with van der Waals surface area (Å²) in [6.07, 6.45) is 8.66. The zero-order valence-electron chi connectivity index (χ0n) is 11.3. The molecule has 3 rings (SSSR count). The second-order valence-corrected chi connectivity index (χ2v) is 6.75. The molecule has 0 spiro atoms. The lowest BCUT2D eigenvalue weighted by molar-refractivity contribution is 0.596. The second-order valence-electron chi connectivity index (χ2n) is 5.71. The van der Waals surface area contributed by atoms with Crippen molar-refractivity contribution in [2.75, 3.05) is 0 Å². The fraction of sp³-hybridized carbons (Fsp3) is 0.714. The SMILES string of the molecule is CC(C)Cc1nn2c3c(nc2s1)CCCCCC3. The van der Waals surface area contributed by atoms with Gasteiger partial charge in [-0.1, -0.05) is 38.0 Å². The van der Waals surface area contributed by atoms with Gasteiger partial charge in [-0.2, -0.15) is 5.10 Å². The molecule has 0 atom stereocenters. The summed E-state index contributed by atoms with van der Waals surface area (Å²) in [5.74, 6) is 0.669. The average Bonchev–Trinajstić information content (AvgIpc) is 2.75. The van der Waals surface area contributed by atoms with Gasteiger partial charge < -0.3 is 0 Å². The molecule has 0 fully saturated rings. The van der Waals surface area contributed by atoms with E-state index in [0.29, 0.717) is 5.92 Å². The van der Waals surface area contributed by atoms with E-state index in [-0.39, 0.29) is 0 Å². The quantitative estimate of drug-likeness (QED) is 0.828. The van der Waals surface area contributed by atoms with Crippen LogP contribution in [0.2, 0.25) is 0 Å². The molecule has 0 saturated heterocycles. The van der Waals surface area contributed by atoms with Gasteiger partial charge in [0.15, 0.2) is 0 Å². The maximum Gasteiger partial charge on any atom is 0.212 e. The number of nitrogens with zero attached hydrogens (tertiary/aromatic N) is 3. The maximum absolute atomic E-state index is 4.80. The first-order valence-corrected chi connectivity index (χ1v) is 7.92. The van der Waals surface area contributed by atoms with Crippen molar-refractivity contribution in [2.24, 2.45) is 5.92 Å². The van der Waals surface area contributed by atoms with E-state index in [4.69, 9.17) is 10.1 Å². The van der Waals surface area contributed by atoms with Gasteiger partial charge >= 0.3 is 0 Å². The summed E-state index contributed by atoms with van der Waals surface area (Å²) < 4.78 is 2.13. The summed E-state index contributed by atoms with van der Waals surface area (Å²) in [7, 11) is 0. The van der Waals surface area contributed by atoms with E-state index >= 15 is 0 Å². The Kier molecular flexibility index (Phi) is 3.37. The van der Waals surface area contributed by atoms with E-state index in [1.807, 2.05) is 0 Å². The number of hydrogen-bond donors (Lipinski definition) is 0. The summed E-state index contributed by atoms with van der Waals surface area (Å²) in [6, 6.07) is 0. The number of rotatable bonds is 2. The zero-order chi connectivity index (χ0) is 12.5. The summed E-state index contributed by atoms with van der Waals surface area (Å²) in [5, 5.41) is 6.00. The minimum atomic E-state index is 0.669. The van der Waals surface area contributed by atoms with Gasteiger partial charge in [0.2, 0.25) is 4.96 Å². The van der Waals surface area contributed by atoms with Gasteiger partial charge in [-0.05, 0) is 31.6 Å². The molecule has 0 saturated carbocycles. The van der Waals surface area contributed by atoms with Gasteiger partial charge in [-0.25, -0.2) is 9.50 Å². The summed E-state index contributed by atoms with van der Waals surface area (Å²) in [5.41, 5.74) is 2.69. The highest BCUT2D eigenvalue weighted by Crippen LogP contribution is 2.25. The lowest BCUT2D eigenvalue weighted by Crippen LogP contribution is -2.03. The molecule has 2 aromatic rings. The van der Waals surface area contributed by atoms with Gasteiger partial charge in [0, 0.05) is 6.42 Å². The third kappa shape index (κ3) is 2.30. The Morgan fingerprint density at radius 1 is 1.17 bits per heavy atom. The molecule has 0 amide bonds. The summed E-state index contributed by atoms with van der Waals surface area (Å²) in [6.45, 7) is 4.49. The highest BCUT2D eigenvalue weighted by molar-refractivity contribution is 7.16. The van der Waals surface area contributed by atoms with Crippen molar-refractivity contribution in [1.29, 1.82) is 0 Å². The van der Waals surface area contributed by atoms with Gasteiger partial charge in [-0.15, -0.1) is 0 Å². The minimum absolute atomic E-state index is 0.669. The normalized spacial score (nSPS) is 16.8. The van der Waals surface area contributed by atoms with Crippen molar-refractivity contribution >= 4 is 16.3 Å². The van der Waals surface area contributed by atoms with Gasteiger partial charge in [0.1, 0.15) is 5.01 Å². The second kappa shape index (κ2) is 5.00. The Balaban J connectivity index is 1.97. The van der Waals surface area contributed by atoms with Crippen LogP contribution in [0.3, 0.4) is 0 Å². The first-order chi connectivity index (χ1) is 8.74. The predicted molar refractivity (Wildman–Crippen MR) is 75.3 cm³/mol. The van der Waals surface area contributed by atoms with E-state index in [0.717, 1.165) is 24.2 Å². The fourth-order valence-electron chi connectivity index (χ4n) is 2.69. The van der Waals surface area contributed by atoms with E-state index in [9.17, 15) is 0 Å². The Hall–Kier alpha value is -0.900. The van der Waals surface area contributed by atoms with Crippen LogP contribution in [0.4, 0.5) is 0 Å². The molecule has 18 heavy (non-hydrogen) atoms. The van der Waals surface area contributed by atoms with Crippen molar-refractivity contribution in [3.05, 3.63) is 16.4 Å². The first kappa shape index (κ1) is 12.2. The molecule has 4 heteroatoms. The Morgan fingerprint density at radius 3 is 2.72 bits per heavy atom. The molecule has 98 valence electrons. The molecule has 1 aliphatic rings. The lowest BCUT2D eigenvalue weighted by atomic mass is 10.0.